The molecule has 0 aliphatic rings. The molecule has 0 aliphatic carbocycles. The Kier molecular flexibility index (Phi) is 6.81. The Labute approximate surface area is 178 Å². The van der Waals surface area contributed by atoms with E-state index in [0.29, 0.717) is 22.3 Å². The van der Waals surface area contributed by atoms with Crippen LogP contribution in [0.3, 0.4) is 0 Å². The van der Waals surface area contributed by atoms with Gasteiger partial charge >= 0.3 is 0 Å². The number of anilines is 1. The molecule has 0 unspecified atom stereocenters. The number of amides is 1. The van der Waals surface area contributed by atoms with Crippen LogP contribution in [-0.2, 0) is 18.3 Å². The lowest BCUT2D eigenvalue weighted by Crippen LogP contribution is -2.15. The number of thioether (sulfide) groups is 1. The molecule has 0 aliphatic heterocycles. The van der Waals surface area contributed by atoms with Gasteiger partial charge in [0.1, 0.15) is 11.5 Å². The highest BCUT2D eigenvalue weighted by molar-refractivity contribution is 7.99. The third kappa shape index (κ3) is 4.56. The minimum Gasteiger partial charge on any atom is -0.497 e. The van der Waals surface area contributed by atoms with Gasteiger partial charge in [-0.05, 0) is 31.0 Å². The summed E-state index contributed by atoms with van der Waals surface area (Å²) in [6.45, 7) is 4.26. The Morgan fingerprint density at radius 3 is 2.76 bits per heavy atom. The van der Waals surface area contributed by atoms with E-state index in [1.165, 1.54) is 22.2 Å². The molecule has 154 valence electrons. The molecule has 3 aromatic rings. The molecule has 0 atom stereocenters. The quantitative estimate of drug-likeness (QED) is 0.539. The van der Waals surface area contributed by atoms with Crippen LogP contribution in [-0.4, -0.2) is 40.6 Å². The lowest BCUT2D eigenvalue weighted by molar-refractivity contribution is -0.113. The average molecular weight is 433 g/mol. The van der Waals surface area contributed by atoms with Crippen LogP contribution in [0, 0.1) is 6.92 Å². The van der Waals surface area contributed by atoms with Gasteiger partial charge in [-0.2, -0.15) is 0 Å². The minimum absolute atomic E-state index is 0.160. The highest BCUT2D eigenvalue weighted by atomic mass is 32.2. The molecular formula is C20H24N4O3S2. The topological polar surface area (TPSA) is 78.3 Å². The van der Waals surface area contributed by atoms with E-state index in [1.807, 2.05) is 11.6 Å². The van der Waals surface area contributed by atoms with E-state index < -0.39 is 0 Å². The number of aromatic nitrogens is 3. The van der Waals surface area contributed by atoms with Crippen LogP contribution >= 0.6 is 23.1 Å². The van der Waals surface area contributed by atoms with Crippen molar-refractivity contribution in [2.45, 2.75) is 25.4 Å². The summed E-state index contributed by atoms with van der Waals surface area (Å²) < 4.78 is 12.4. The van der Waals surface area contributed by atoms with Crippen molar-refractivity contribution < 1.29 is 14.3 Å². The lowest BCUT2D eigenvalue weighted by atomic mass is 10.1. The Hall–Kier alpha value is -2.52. The maximum Gasteiger partial charge on any atom is 0.234 e. The fourth-order valence-electron chi connectivity index (χ4n) is 3.01. The number of benzene rings is 1. The summed E-state index contributed by atoms with van der Waals surface area (Å²) in [4.78, 5) is 13.8. The van der Waals surface area contributed by atoms with Gasteiger partial charge in [-0.15, -0.1) is 21.5 Å². The van der Waals surface area contributed by atoms with E-state index in [0.717, 1.165) is 17.8 Å². The highest BCUT2D eigenvalue weighted by Crippen LogP contribution is 2.32. The zero-order valence-electron chi connectivity index (χ0n) is 17.1. The van der Waals surface area contributed by atoms with Crippen LogP contribution in [0.15, 0.2) is 28.7 Å². The molecule has 0 saturated heterocycles. The number of hydrogen-bond donors (Lipinski definition) is 1. The summed E-state index contributed by atoms with van der Waals surface area (Å²) in [6.07, 6.45) is 0.949. The standard InChI is InChI=1S/C20H24N4O3S2/c1-6-14-12(2)28-10-15(14)19-22-23-20(24(19)3)29-11-18(25)21-16-9-13(26-4)7-8-17(16)27-5/h7-10H,6,11H2,1-5H3,(H,21,25). The SMILES string of the molecule is CCc1c(-c2nnc(SCC(=O)Nc3cc(OC)ccc3OC)n2C)csc1C. The van der Waals surface area contributed by atoms with Gasteiger partial charge in [0.15, 0.2) is 11.0 Å². The van der Waals surface area contributed by atoms with Crippen molar-refractivity contribution in [1.82, 2.24) is 14.8 Å². The molecule has 2 heterocycles. The van der Waals surface area contributed by atoms with E-state index in [4.69, 9.17) is 9.47 Å². The number of aryl methyl sites for hydroxylation is 1. The third-order valence-corrected chi connectivity index (χ3v) is 6.52. The van der Waals surface area contributed by atoms with Crippen molar-refractivity contribution in [2.75, 3.05) is 25.3 Å². The zero-order valence-corrected chi connectivity index (χ0v) is 18.7. The van der Waals surface area contributed by atoms with Crippen LogP contribution in [0.1, 0.15) is 17.4 Å². The second-order valence-corrected chi connectivity index (χ2v) is 8.33. The molecule has 2 aromatic heterocycles. The molecule has 0 spiro atoms. The van der Waals surface area contributed by atoms with Gasteiger partial charge < -0.3 is 19.4 Å². The molecule has 7 nitrogen and oxygen atoms in total. The molecule has 3 rings (SSSR count). The molecule has 0 radical (unpaired) electrons. The number of ether oxygens (including phenoxy) is 2. The Balaban J connectivity index is 1.69. The fraction of sp³-hybridized carbons (Fsp3) is 0.350. The molecule has 1 N–H and O–H groups in total. The van der Waals surface area contributed by atoms with E-state index in [2.05, 4.69) is 34.7 Å². The highest BCUT2D eigenvalue weighted by Gasteiger charge is 2.18. The number of nitrogens with one attached hydrogen (secondary N) is 1. The average Bonchev–Trinajstić information content (AvgIpc) is 3.27. The number of rotatable bonds is 8. The summed E-state index contributed by atoms with van der Waals surface area (Å²) in [6, 6.07) is 5.26. The van der Waals surface area contributed by atoms with Gasteiger partial charge in [-0.3, -0.25) is 4.79 Å². The number of carbonyl (C=O) groups excluding carboxylic acids is 1. The van der Waals surface area contributed by atoms with Crippen LogP contribution in [0.2, 0.25) is 0 Å². The predicted molar refractivity (Wildman–Crippen MR) is 117 cm³/mol. The summed E-state index contributed by atoms with van der Waals surface area (Å²) in [5.74, 6) is 2.08. The minimum atomic E-state index is -0.160. The molecule has 0 saturated carbocycles. The number of carbonyl (C=O) groups is 1. The smallest absolute Gasteiger partial charge is 0.234 e. The number of methoxy groups -OCH3 is 2. The summed E-state index contributed by atoms with van der Waals surface area (Å²) in [5, 5.41) is 14.3. The largest absolute Gasteiger partial charge is 0.497 e. The monoisotopic (exact) mass is 432 g/mol. The first-order chi connectivity index (χ1) is 14.0. The second-order valence-electron chi connectivity index (χ2n) is 6.31. The Bertz CT molecular complexity index is 1010. The molecule has 1 aromatic carbocycles. The third-order valence-electron chi connectivity index (χ3n) is 4.55. The first kappa shape index (κ1) is 21.2. The van der Waals surface area contributed by atoms with Gasteiger partial charge in [0, 0.05) is 28.9 Å². The molecule has 9 heteroatoms. The predicted octanol–water partition coefficient (Wildman–Crippen LogP) is 4.16. The zero-order chi connectivity index (χ0) is 21.0. The summed E-state index contributed by atoms with van der Waals surface area (Å²) in [5.41, 5.74) is 2.98. The van der Waals surface area contributed by atoms with Gasteiger partial charge in [0.05, 0.1) is 25.7 Å². The maximum atomic E-state index is 12.5. The van der Waals surface area contributed by atoms with Gasteiger partial charge in [-0.25, -0.2) is 0 Å². The number of nitrogens with zero attached hydrogens (tertiary/aromatic N) is 3. The van der Waals surface area contributed by atoms with E-state index >= 15 is 0 Å². The fourth-order valence-corrected chi connectivity index (χ4v) is 4.66. The first-order valence-corrected chi connectivity index (χ1v) is 11.0. The lowest BCUT2D eigenvalue weighted by Gasteiger charge is -2.11. The van der Waals surface area contributed by atoms with E-state index in [-0.39, 0.29) is 11.7 Å². The number of hydrogen-bond acceptors (Lipinski definition) is 7. The molecule has 29 heavy (non-hydrogen) atoms. The van der Waals surface area contributed by atoms with Crippen molar-refractivity contribution in [2.24, 2.45) is 7.05 Å². The maximum absolute atomic E-state index is 12.5. The van der Waals surface area contributed by atoms with Gasteiger partial charge in [-0.1, -0.05) is 18.7 Å². The second kappa shape index (κ2) is 9.32. The molecule has 0 bridgehead atoms. The van der Waals surface area contributed by atoms with Crippen molar-refractivity contribution in [3.8, 4) is 22.9 Å². The summed E-state index contributed by atoms with van der Waals surface area (Å²) in [7, 11) is 5.06. The Morgan fingerprint density at radius 1 is 1.28 bits per heavy atom. The Morgan fingerprint density at radius 2 is 2.07 bits per heavy atom. The van der Waals surface area contributed by atoms with Crippen molar-refractivity contribution >= 4 is 34.7 Å². The molecule has 1 amide bonds. The van der Waals surface area contributed by atoms with Gasteiger partial charge in [0.2, 0.25) is 5.91 Å². The van der Waals surface area contributed by atoms with Crippen molar-refractivity contribution in [3.05, 3.63) is 34.0 Å². The van der Waals surface area contributed by atoms with Crippen molar-refractivity contribution in [1.29, 1.82) is 0 Å². The first-order valence-electron chi connectivity index (χ1n) is 9.09. The van der Waals surface area contributed by atoms with E-state index in [1.54, 1.807) is 43.8 Å². The molecular weight excluding hydrogens is 408 g/mol. The molecule has 0 fully saturated rings. The van der Waals surface area contributed by atoms with Crippen LogP contribution in [0.5, 0.6) is 11.5 Å². The van der Waals surface area contributed by atoms with Crippen molar-refractivity contribution in [3.63, 3.8) is 0 Å². The van der Waals surface area contributed by atoms with Gasteiger partial charge in [0.25, 0.3) is 0 Å². The van der Waals surface area contributed by atoms with Crippen LogP contribution in [0.4, 0.5) is 5.69 Å². The normalized spacial score (nSPS) is 10.8. The van der Waals surface area contributed by atoms with E-state index in [9.17, 15) is 4.79 Å². The van der Waals surface area contributed by atoms with Crippen LogP contribution in [0.25, 0.3) is 11.4 Å². The number of thiophene rings is 1. The van der Waals surface area contributed by atoms with Crippen LogP contribution < -0.4 is 14.8 Å². The summed E-state index contributed by atoms with van der Waals surface area (Å²) >= 11 is 3.06.